The van der Waals surface area contributed by atoms with Crippen LogP contribution in [0, 0.1) is 13.8 Å². The molecule has 0 unspecified atom stereocenters. The summed E-state index contributed by atoms with van der Waals surface area (Å²) in [5.74, 6) is 3.31. The van der Waals surface area contributed by atoms with E-state index >= 15 is 0 Å². The predicted octanol–water partition coefficient (Wildman–Crippen LogP) is 4.44. The van der Waals surface area contributed by atoms with Gasteiger partial charge in [0.05, 0.1) is 33.1 Å². The SMILES string of the molecule is COc1cc(C)c(CSCC(=O)N[C@H](C)c2cc(C)ccc2OC)cc1OC. The number of amides is 1. The quantitative estimate of drug-likeness (QED) is 0.671. The van der Waals surface area contributed by atoms with Crippen molar-refractivity contribution in [1.29, 1.82) is 0 Å². The first kappa shape index (κ1) is 22.0. The zero-order valence-corrected chi connectivity index (χ0v) is 18.2. The molecule has 5 nitrogen and oxygen atoms in total. The molecule has 0 aliphatic carbocycles. The van der Waals surface area contributed by atoms with Gasteiger partial charge < -0.3 is 19.5 Å². The maximum Gasteiger partial charge on any atom is 0.230 e. The van der Waals surface area contributed by atoms with Crippen LogP contribution in [0.25, 0.3) is 0 Å². The normalized spacial score (nSPS) is 11.6. The molecule has 0 fully saturated rings. The van der Waals surface area contributed by atoms with Crippen LogP contribution in [-0.4, -0.2) is 33.0 Å². The molecule has 0 saturated carbocycles. The predicted molar refractivity (Wildman–Crippen MR) is 115 cm³/mol. The Bertz CT molecular complexity index is 822. The van der Waals surface area contributed by atoms with Gasteiger partial charge in [0, 0.05) is 11.3 Å². The number of benzene rings is 2. The molecule has 28 heavy (non-hydrogen) atoms. The van der Waals surface area contributed by atoms with Gasteiger partial charge in [-0.1, -0.05) is 17.7 Å². The molecule has 6 heteroatoms. The summed E-state index contributed by atoms with van der Waals surface area (Å²) in [6.07, 6.45) is 0. The van der Waals surface area contributed by atoms with Crippen LogP contribution in [0.5, 0.6) is 17.2 Å². The molecule has 1 N–H and O–H groups in total. The first-order chi connectivity index (χ1) is 13.4. The number of aryl methyl sites for hydroxylation is 2. The number of rotatable bonds is 9. The van der Waals surface area contributed by atoms with E-state index in [9.17, 15) is 4.79 Å². The summed E-state index contributed by atoms with van der Waals surface area (Å²) in [4.78, 5) is 12.4. The zero-order chi connectivity index (χ0) is 20.7. The van der Waals surface area contributed by atoms with Crippen molar-refractivity contribution in [3.63, 3.8) is 0 Å². The molecule has 0 aromatic heterocycles. The molecule has 0 radical (unpaired) electrons. The van der Waals surface area contributed by atoms with Crippen molar-refractivity contribution in [3.8, 4) is 17.2 Å². The lowest BCUT2D eigenvalue weighted by Gasteiger charge is -2.18. The fourth-order valence-electron chi connectivity index (χ4n) is 2.98. The smallest absolute Gasteiger partial charge is 0.230 e. The van der Waals surface area contributed by atoms with Crippen molar-refractivity contribution in [1.82, 2.24) is 5.32 Å². The highest BCUT2D eigenvalue weighted by Crippen LogP contribution is 2.32. The Labute approximate surface area is 171 Å². The monoisotopic (exact) mass is 403 g/mol. The molecule has 0 saturated heterocycles. The minimum atomic E-state index is -0.120. The van der Waals surface area contributed by atoms with Crippen LogP contribution in [0.1, 0.15) is 35.2 Å². The van der Waals surface area contributed by atoms with Gasteiger partial charge in [0.2, 0.25) is 5.91 Å². The lowest BCUT2D eigenvalue weighted by Crippen LogP contribution is -2.28. The van der Waals surface area contributed by atoms with E-state index in [1.807, 2.05) is 51.1 Å². The molecule has 1 atom stereocenters. The number of carbonyl (C=O) groups excluding carboxylic acids is 1. The number of carbonyl (C=O) groups is 1. The van der Waals surface area contributed by atoms with Crippen LogP contribution < -0.4 is 19.5 Å². The molecular weight excluding hydrogens is 374 g/mol. The number of methoxy groups -OCH3 is 3. The van der Waals surface area contributed by atoms with E-state index in [-0.39, 0.29) is 11.9 Å². The summed E-state index contributed by atoms with van der Waals surface area (Å²) in [6.45, 7) is 6.03. The molecule has 2 aromatic rings. The lowest BCUT2D eigenvalue weighted by atomic mass is 10.0. The molecule has 2 rings (SSSR count). The van der Waals surface area contributed by atoms with E-state index < -0.39 is 0 Å². The Morgan fingerprint density at radius 3 is 2.29 bits per heavy atom. The van der Waals surface area contributed by atoms with Gasteiger partial charge >= 0.3 is 0 Å². The van der Waals surface area contributed by atoms with Gasteiger partial charge in [-0.2, -0.15) is 0 Å². The molecule has 0 heterocycles. The van der Waals surface area contributed by atoms with Crippen LogP contribution in [0.3, 0.4) is 0 Å². The summed E-state index contributed by atoms with van der Waals surface area (Å²) >= 11 is 1.57. The number of thioether (sulfide) groups is 1. The van der Waals surface area contributed by atoms with Gasteiger partial charge in [0.1, 0.15) is 5.75 Å². The van der Waals surface area contributed by atoms with E-state index in [2.05, 4.69) is 5.32 Å². The largest absolute Gasteiger partial charge is 0.496 e. The minimum Gasteiger partial charge on any atom is -0.496 e. The fraction of sp³-hybridized carbons (Fsp3) is 0.409. The van der Waals surface area contributed by atoms with Gasteiger partial charge in [0.25, 0.3) is 0 Å². The third-order valence-corrected chi connectivity index (χ3v) is 5.54. The summed E-state index contributed by atoms with van der Waals surface area (Å²) in [5.41, 5.74) is 4.36. The topological polar surface area (TPSA) is 56.8 Å². The molecule has 0 spiro atoms. The minimum absolute atomic E-state index is 0.000751. The number of hydrogen-bond acceptors (Lipinski definition) is 5. The van der Waals surface area contributed by atoms with Crippen molar-refractivity contribution < 1.29 is 19.0 Å². The summed E-state index contributed by atoms with van der Waals surface area (Å²) in [5, 5.41) is 3.06. The highest BCUT2D eigenvalue weighted by Gasteiger charge is 2.15. The van der Waals surface area contributed by atoms with Gasteiger partial charge in [-0.05, 0) is 50.1 Å². The van der Waals surface area contributed by atoms with E-state index in [4.69, 9.17) is 14.2 Å². The molecule has 0 aliphatic rings. The van der Waals surface area contributed by atoms with Gasteiger partial charge in [0.15, 0.2) is 11.5 Å². The van der Waals surface area contributed by atoms with Crippen molar-refractivity contribution in [2.45, 2.75) is 32.6 Å². The van der Waals surface area contributed by atoms with Crippen molar-refractivity contribution >= 4 is 17.7 Å². The first-order valence-electron chi connectivity index (χ1n) is 9.12. The second-order valence-electron chi connectivity index (χ2n) is 6.66. The molecule has 0 aliphatic heterocycles. The van der Waals surface area contributed by atoms with Crippen LogP contribution in [-0.2, 0) is 10.5 Å². The lowest BCUT2D eigenvalue weighted by molar-refractivity contribution is -0.119. The highest BCUT2D eigenvalue weighted by molar-refractivity contribution is 7.99. The average Bonchev–Trinajstić information content (AvgIpc) is 2.68. The second-order valence-corrected chi connectivity index (χ2v) is 7.65. The van der Waals surface area contributed by atoms with Gasteiger partial charge in [-0.15, -0.1) is 11.8 Å². The Morgan fingerprint density at radius 2 is 1.64 bits per heavy atom. The molecular formula is C22H29NO4S. The fourth-order valence-corrected chi connectivity index (χ4v) is 3.89. The second kappa shape index (κ2) is 10.3. The van der Waals surface area contributed by atoms with Crippen LogP contribution in [0.2, 0.25) is 0 Å². The molecule has 1 amide bonds. The number of hydrogen-bond donors (Lipinski definition) is 1. The van der Waals surface area contributed by atoms with Crippen molar-refractivity contribution in [3.05, 3.63) is 52.6 Å². The Balaban J connectivity index is 1.94. The van der Waals surface area contributed by atoms with E-state index in [1.54, 1.807) is 33.1 Å². The van der Waals surface area contributed by atoms with Gasteiger partial charge in [-0.3, -0.25) is 4.79 Å². The van der Waals surface area contributed by atoms with Gasteiger partial charge in [-0.25, -0.2) is 0 Å². The molecule has 0 bridgehead atoms. The summed E-state index contributed by atoms with van der Waals surface area (Å²) in [7, 11) is 4.89. The maximum absolute atomic E-state index is 12.4. The highest BCUT2D eigenvalue weighted by atomic mass is 32.2. The third-order valence-electron chi connectivity index (χ3n) is 4.56. The third kappa shape index (κ3) is 5.58. The van der Waals surface area contributed by atoms with Crippen LogP contribution >= 0.6 is 11.8 Å². The van der Waals surface area contributed by atoms with E-state index in [1.165, 1.54) is 0 Å². The van der Waals surface area contributed by atoms with Crippen molar-refractivity contribution in [2.75, 3.05) is 27.1 Å². The standard InChI is InChI=1S/C22H29NO4S/c1-14-7-8-19(25-4)18(9-14)16(3)23-22(24)13-28-12-17-11-21(27-6)20(26-5)10-15(17)2/h7-11,16H,12-13H2,1-6H3,(H,23,24)/t16-/m1/s1. The Morgan fingerprint density at radius 1 is 1.00 bits per heavy atom. The van der Waals surface area contributed by atoms with Crippen LogP contribution in [0.4, 0.5) is 0 Å². The van der Waals surface area contributed by atoms with Crippen LogP contribution in [0.15, 0.2) is 30.3 Å². The Kier molecular flexibility index (Phi) is 8.05. The van der Waals surface area contributed by atoms with E-state index in [0.717, 1.165) is 33.8 Å². The molecule has 152 valence electrons. The Hall–Kier alpha value is -2.34. The number of nitrogens with one attached hydrogen (secondary N) is 1. The zero-order valence-electron chi connectivity index (χ0n) is 17.4. The number of ether oxygens (including phenoxy) is 3. The van der Waals surface area contributed by atoms with E-state index in [0.29, 0.717) is 17.3 Å². The van der Waals surface area contributed by atoms with Crippen molar-refractivity contribution in [2.24, 2.45) is 0 Å². The average molecular weight is 404 g/mol. The summed E-state index contributed by atoms with van der Waals surface area (Å²) in [6, 6.07) is 9.79. The first-order valence-corrected chi connectivity index (χ1v) is 10.3. The maximum atomic E-state index is 12.4. The summed E-state index contributed by atoms with van der Waals surface area (Å²) < 4.78 is 16.1. The molecule has 2 aromatic carbocycles.